The molecule has 0 aliphatic carbocycles. The zero-order valence-corrected chi connectivity index (χ0v) is 20.8. The van der Waals surface area contributed by atoms with E-state index in [0.29, 0.717) is 12.1 Å². The summed E-state index contributed by atoms with van der Waals surface area (Å²) < 4.78 is 38.8. The third-order valence-corrected chi connectivity index (χ3v) is 6.03. The molecule has 1 aromatic heterocycles. The molecule has 0 amide bonds. The quantitative estimate of drug-likeness (QED) is 0.315. The molecule has 1 N–H and O–H groups in total. The fraction of sp³-hybridized carbons (Fsp3) is 0.708. The molecule has 2 aromatic rings. The van der Waals surface area contributed by atoms with Crippen LogP contribution >= 0.6 is 0 Å². The summed E-state index contributed by atoms with van der Waals surface area (Å²) in [6.45, 7) is 15.0. The molecule has 0 saturated heterocycles. The lowest BCUT2D eigenvalue weighted by Crippen LogP contribution is -2.50. The maximum Gasteiger partial charge on any atom is 0.416 e. The number of hydrogen-bond donors (Lipinski definition) is 1. The van der Waals surface area contributed by atoms with Crippen molar-refractivity contribution >= 4 is 17.0 Å². The van der Waals surface area contributed by atoms with Gasteiger partial charge in [-0.25, -0.2) is 0 Å². The lowest BCUT2D eigenvalue weighted by Gasteiger charge is -2.39. The molecule has 0 bridgehead atoms. The topological polar surface area (TPSA) is 91.1 Å². The van der Waals surface area contributed by atoms with Crippen molar-refractivity contribution in [3.05, 3.63) is 23.3 Å². The van der Waals surface area contributed by atoms with Gasteiger partial charge in [0.25, 0.3) is 0 Å². The van der Waals surface area contributed by atoms with Gasteiger partial charge in [-0.3, -0.25) is 0 Å². The molecule has 0 aliphatic heterocycles. The van der Waals surface area contributed by atoms with E-state index in [-0.39, 0.29) is 10.4 Å². The molecule has 2 rings (SSSR count). The molecule has 0 atom stereocenters. The first-order chi connectivity index (χ1) is 16.0. The monoisotopic (exact) mass is 488 g/mol. The van der Waals surface area contributed by atoms with Gasteiger partial charge in [-0.05, 0) is 43.0 Å². The number of alkyl halides is 3. The highest BCUT2D eigenvalue weighted by molar-refractivity contribution is 6.00. The number of aromatic carboxylic acids is 1. The lowest BCUT2D eigenvalue weighted by atomic mass is 10.1. The molecule has 0 fully saturated rings. The number of benzene rings is 1. The number of unbranched alkanes of at least 4 members (excludes halogenated alkanes) is 4. The zero-order chi connectivity index (χ0) is 25.8. The van der Waals surface area contributed by atoms with E-state index >= 15 is 0 Å². The van der Waals surface area contributed by atoms with Crippen molar-refractivity contribution in [1.29, 1.82) is 0 Å². The average Bonchev–Trinajstić information content (AvgIpc) is 3.18. The average molecular weight is 489 g/mol. The molecular weight excluding hydrogens is 449 g/mol. The van der Waals surface area contributed by atoms with Crippen LogP contribution in [0.1, 0.15) is 95.0 Å². The summed E-state index contributed by atoms with van der Waals surface area (Å²) in [5, 5.41) is 26.0. The number of hydrogen-bond acceptors (Lipinski definition) is 5. The maximum absolute atomic E-state index is 12.5. The first-order valence-electron chi connectivity index (χ1n) is 12.3. The van der Waals surface area contributed by atoms with E-state index in [1.54, 1.807) is 0 Å². The standard InChI is InChI=1S/C16H36N.C8H4F3N3O3/c1-5-9-13-17(14-10-6-2,15-11-7-3)16-12-8-4;9-8(10,11)3-1-4(7(15)16)6-5(2-3)14(17)13-12-6/h5-16H2,1-4H3;1-2,17H,(H,15,16)/q+1;/p-1. The fourth-order valence-electron chi connectivity index (χ4n) is 3.98. The predicted octanol–water partition coefficient (Wildman–Crippen LogP) is 5.05. The Morgan fingerprint density at radius 3 is 1.74 bits per heavy atom. The van der Waals surface area contributed by atoms with E-state index in [0.717, 1.165) is 0 Å². The van der Waals surface area contributed by atoms with Crippen LogP contribution in [0.25, 0.3) is 11.0 Å². The third kappa shape index (κ3) is 8.77. The van der Waals surface area contributed by atoms with Crippen LogP contribution in [0.5, 0.6) is 0 Å². The summed E-state index contributed by atoms with van der Waals surface area (Å²) in [4.78, 5) is 10.7. The second-order valence-corrected chi connectivity index (χ2v) is 8.81. The normalized spacial score (nSPS) is 12.0. The van der Waals surface area contributed by atoms with Crippen LogP contribution in [-0.2, 0) is 6.18 Å². The zero-order valence-electron chi connectivity index (χ0n) is 20.8. The van der Waals surface area contributed by atoms with Crippen LogP contribution in [0, 0.1) is 0 Å². The maximum atomic E-state index is 12.5. The molecule has 0 spiro atoms. The fourth-order valence-corrected chi connectivity index (χ4v) is 3.98. The molecule has 7 nitrogen and oxygen atoms in total. The van der Waals surface area contributed by atoms with Crippen molar-refractivity contribution in [2.45, 2.75) is 85.2 Å². The highest BCUT2D eigenvalue weighted by atomic mass is 19.4. The lowest BCUT2D eigenvalue weighted by molar-refractivity contribution is -0.929. The molecular formula is C24H39F3N4O3. The van der Waals surface area contributed by atoms with Crippen molar-refractivity contribution in [3.63, 3.8) is 0 Å². The number of rotatable bonds is 13. The number of carboxylic acid groups (broad SMARTS) is 1. The van der Waals surface area contributed by atoms with E-state index in [4.69, 9.17) is 5.21 Å². The van der Waals surface area contributed by atoms with E-state index in [1.807, 2.05) is 0 Å². The summed E-state index contributed by atoms with van der Waals surface area (Å²) in [6, 6.07) is 0.925. The number of nitrogens with zero attached hydrogens (tertiary/aromatic N) is 4. The number of halogens is 3. The molecule has 194 valence electrons. The Bertz CT molecular complexity index is 847. The summed E-state index contributed by atoms with van der Waals surface area (Å²) >= 11 is 0. The molecule has 10 heteroatoms. The van der Waals surface area contributed by atoms with Crippen LogP contribution < -0.4 is 5.11 Å². The Morgan fingerprint density at radius 2 is 1.38 bits per heavy atom. The molecule has 0 radical (unpaired) electrons. The van der Waals surface area contributed by atoms with Crippen LogP contribution in [0.2, 0.25) is 0 Å². The minimum absolute atomic E-state index is 0.0665. The predicted molar refractivity (Wildman–Crippen MR) is 123 cm³/mol. The smallest absolute Gasteiger partial charge is 0.416 e. The Kier molecular flexibility index (Phi) is 12.3. The Balaban J connectivity index is 0.000000340. The molecule has 0 aliphatic rings. The summed E-state index contributed by atoms with van der Waals surface area (Å²) in [7, 11) is 0. The van der Waals surface area contributed by atoms with Gasteiger partial charge >= 0.3 is 6.18 Å². The second-order valence-electron chi connectivity index (χ2n) is 8.81. The summed E-state index contributed by atoms with van der Waals surface area (Å²) in [6.07, 6.45) is 6.31. The Morgan fingerprint density at radius 1 is 0.941 bits per heavy atom. The van der Waals surface area contributed by atoms with Crippen molar-refractivity contribution < 1.29 is 32.8 Å². The minimum Gasteiger partial charge on any atom is -0.545 e. The molecule has 0 unspecified atom stereocenters. The van der Waals surface area contributed by atoms with Gasteiger partial charge in [-0.15, -0.1) is 5.10 Å². The van der Waals surface area contributed by atoms with Gasteiger partial charge in [-0.1, -0.05) is 58.2 Å². The third-order valence-electron chi connectivity index (χ3n) is 6.03. The summed E-state index contributed by atoms with van der Waals surface area (Å²) in [5.41, 5.74) is -2.85. The number of carbonyl (C=O) groups excluding carboxylic acids is 1. The van der Waals surface area contributed by atoms with E-state index in [2.05, 4.69) is 38.0 Å². The molecule has 1 heterocycles. The van der Waals surface area contributed by atoms with Gasteiger partial charge < -0.3 is 19.6 Å². The molecule has 0 saturated carbocycles. The minimum atomic E-state index is -4.75. The second kappa shape index (κ2) is 14.1. The number of carboxylic acids is 1. The highest BCUT2D eigenvalue weighted by Crippen LogP contribution is 2.32. The van der Waals surface area contributed by atoms with Crippen LogP contribution in [0.4, 0.5) is 13.2 Å². The van der Waals surface area contributed by atoms with Gasteiger partial charge in [0.2, 0.25) is 0 Å². The number of quaternary nitrogens is 1. The van der Waals surface area contributed by atoms with E-state index < -0.39 is 28.8 Å². The van der Waals surface area contributed by atoms with Gasteiger partial charge in [0.15, 0.2) is 0 Å². The van der Waals surface area contributed by atoms with E-state index in [1.165, 1.54) is 82.0 Å². The van der Waals surface area contributed by atoms with Crippen molar-refractivity contribution in [1.82, 2.24) is 15.2 Å². The first-order valence-corrected chi connectivity index (χ1v) is 12.3. The largest absolute Gasteiger partial charge is 0.545 e. The highest BCUT2D eigenvalue weighted by Gasteiger charge is 2.32. The van der Waals surface area contributed by atoms with Crippen LogP contribution in [0.15, 0.2) is 12.1 Å². The van der Waals surface area contributed by atoms with Crippen LogP contribution in [-0.4, -0.2) is 57.0 Å². The summed E-state index contributed by atoms with van der Waals surface area (Å²) in [5.74, 6) is -1.83. The Labute approximate surface area is 200 Å². The van der Waals surface area contributed by atoms with Gasteiger partial charge in [-0.2, -0.15) is 13.2 Å². The SMILES string of the molecule is CCCC[N+](CCCC)(CCCC)CCCC.O=C([O-])c1cc(C(F)(F)F)cc2c1nnn2O. The van der Waals surface area contributed by atoms with E-state index in [9.17, 15) is 23.1 Å². The molecule has 34 heavy (non-hydrogen) atoms. The van der Waals surface area contributed by atoms with Crippen molar-refractivity contribution in [3.8, 4) is 0 Å². The van der Waals surface area contributed by atoms with Crippen molar-refractivity contribution in [2.75, 3.05) is 26.2 Å². The van der Waals surface area contributed by atoms with Crippen LogP contribution in [0.3, 0.4) is 0 Å². The van der Waals surface area contributed by atoms with Gasteiger partial charge in [0.05, 0.1) is 37.7 Å². The Hall–Kier alpha value is -2.36. The number of carbonyl (C=O) groups is 1. The number of aromatic nitrogens is 3. The first kappa shape index (κ1) is 29.7. The molecule has 1 aromatic carbocycles. The van der Waals surface area contributed by atoms with Crippen molar-refractivity contribution in [2.24, 2.45) is 0 Å². The number of fused-ring (bicyclic) bond motifs is 1. The van der Waals surface area contributed by atoms with Gasteiger partial charge in [0, 0.05) is 5.56 Å². The van der Waals surface area contributed by atoms with Gasteiger partial charge in [0.1, 0.15) is 11.0 Å².